The van der Waals surface area contributed by atoms with Gasteiger partial charge in [0, 0.05) is 0 Å². The molecule has 0 bridgehead atoms. The van der Waals surface area contributed by atoms with Crippen LogP contribution in [-0.2, 0) is 10.0 Å². The van der Waals surface area contributed by atoms with E-state index >= 15 is 0 Å². The van der Waals surface area contributed by atoms with Gasteiger partial charge in [0.05, 0.1) is 11.9 Å². The van der Waals surface area contributed by atoms with Crippen LogP contribution in [0.15, 0.2) is 23.2 Å². The Morgan fingerprint density at radius 1 is 1.26 bits per heavy atom. The van der Waals surface area contributed by atoms with Gasteiger partial charge in [-0.25, -0.2) is 17.2 Å². The number of nitrogens with one attached hydrogen (secondary N) is 2. The Morgan fingerprint density at radius 2 is 1.95 bits per heavy atom. The van der Waals surface area contributed by atoms with E-state index in [0.717, 1.165) is 12.3 Å². The second kappa shape index (κ2) is 4.61. The molecular weight excluding hydrogens is 276 g/mol. The Labute approximate surface area is 108 Å². The van der Waals surface area contributed by atoms with Crippen LogP contribution in [0.4, 0.5) is 14.5 Å². The van der Waals surface area contributed by atoms with Crippen molar-refractivity contribution in [3.8, 4) is 0 Å². The first-order valence-corrected chi connectivity index (χ1v) is 6.78. The van der Waals surface area contributed by atoms with Gasteiger partial charge in [-0.15, -0.1) is 0 Å². The Balaban J connectivity index is 2.48. The molecule has 8 heteroatoms. The fourth-order valence-corrected chi connectivity index (χ4v) is 2.76. The maximum Gasteiger partial charge on any atom is 0.265 e. The second-order valence-corrected chi connectivity index (χ2v) is 5.67. The molecule has 0 radical (unpaired) electrons. The molecule has 0 amide bonds. The maximum absolute atomic E-state index is 13.7. The van der Waals surface area contributed by atoms with Crippen molar-refractivity contribution in [1.82, 2.24) is 10.2 Å². The van der Waals surface area contributed by atoms with Gasteiger partial charge in [-0.1, -0.05) is 6.07 Å². The predicted molar refractivity (Wildman–Crippen MR) is 65.2 cm³/mol. The lowest BCUT2D eigenvalue weighted by molar-refractivity contribution is 0.578. The van der Waals surface area contributed by atoms with Crippen LogP contribution in [0, 0.1) is 25.5 Å². The summed E-state index contributed by atoms with van der Waals surface area (Å²) in [5.41, 5.74) is -0.274. The summed E-state index contributed by atoms with van der Waals surface area (Å²) in [7, 11) is -4.09. The Kier molecular flexibility index (Phi) is 3.27. The quantitative estimate of drug-likeness (QED) is 0.907. The first kappa shape index (κ1) is 13.5. The van der Waals surface area contributed by atoms with Crippen molar-refractivity contribution >= 4 is 15.7 Å². The summed E-state index contributed by atoms with van der Waals surface area (Å²) in [6.45, 7) is 2.90. The van der Waals surface area contributed by atoms with Crippen molar-refractivity contribution in [3.05, 3.63) is 41.2 Å². The van der Waals surface area contributed by atoms with Crippen molar-refractivity contribution in [2.24, 2.45) is 0 Å². The van der Waals surface area contributed by atoms with Crippen LogP contribution in [0.2, 0.25) is 0 Å². The van der Waals surface area contributed by atoms with Crippen molar-refractivity contribution in [2.75, 3.05) is 4.72 Å². The van der Waals surface area contributed by atoms with Crippen LogP contribution < -0.4 is 4.72 Å². The van der Waals surface area contributed by atoms with E-state index in [0.29, 0.717) is 0 Å². The lowest BCUT2D eigenvalue weighted by Crippen LogP contribution is -2.16. The van der Waals surface area contributed by atoms with E-state index in [-0.39, 0.29) is 16.2 Å². The van der Waals surface area contributed by atoms with Crippen LogP contribution >= 0.6 is 0 Å². The monoisotopic (exact) mass is 287 g/mol. The van der Waals surface area contributed by atoms with E-state index < -0.39 is 27.3 Å². The zero-order valence-corrected chi connectivity index (χ0v) is 11.0. The number of hydrogen-bond donors (Lipinski definition) is 2. The van der Waals surface area contributed by atoms with Gasteiger partial charge < -0.3 is 0 Å². The molecule has 0 fully saturated rings. The van der Waals surface area contributed by atoms with E-state index in [1.807, 2.05) is 4.72 Å². The van der Waals surface area contributed by atoms with E-state index in [1.165, 1.54) is 19.9 Å². The van der Waals surface area contributed by atoms with Gasteiger partial charge in [0.2, 0.25) is 0 Å². The first-order chi connectivity index (χ1) is 8.83. The van der Waals surface area contributed by atoms with E-state index in [9.17, 15) is 17.2 Å². The summed E-state index contributed by atoms with van der Waals surface area (Å²) in [6.07, 6.45) is 1.07. The molecule has 0 aliphatic rings. The first-order valence-electron chi connectivity index (χ1n) is 5.30. The third kappa shape index (κ3) is 2.43. The Bertz CT molecular complexity index is 726. The lowest BCUT2D eigenvalue weighted by Gasteiger charge is -2.10. The molecule has 0 atom stereocenters. The standard InChI is InChI=1S/C11H11F2N3O2S/c1-6-3-4-8(12)11(10(6)13)16-19(17,18)9-5-14-15-7(9)2/h3-5,16H,1-2H3,(H,14,15). The Morgan fingerprint density at radius 3 is 2.53 bits per heavy atom. The summed E-state index contributed by atoms with van der Waals surface area (Å²) < 4.78 is 53.1. The van der Waals surface area contributed by atoms with E-state index in [4.69, 9.17) is 0 Å². The van der Waals surface area contributed by atoms with Gasteiger partial charge in [0.1, 0.15) is 16.4 Å². The molecule has 1 aromatic carbocycles. The highest BCUT2D eigenvalue weighted by atomic mass is 32.2. The summed E-state index contributed by atoms with van der Waals surface area (Å²) in [6, 6.07) is 2.23. The van der Waals surface area contributed by atoms with Crippen molar-refractivity contribution in [1.29, 1.82) is 0 Å². The number of sulfonamides is 1. The molecule has 1 heterocycles. The summed E-state index contributed by atoms with van der Waals surface area (Å²) in [4.78, 5) is -0.159. The molecule has 0 saturated heterocycles. The van der Waals surface area contributed by atoms with Gasteiger partial charge in [-0.2, -0.15) is 5.10 Å². The van der Waals surface area contributed by atoms with Gasteiger partial charge in [0.15, 0.2) is 5.82 Å². The molecule has 1 aromatic heterocycles. The molecule has 2 N–H and O–H groups in total. The summed E-state index contributed by atoms with van der Waals surface area (Å²) in [5.74, 6) is -1.92. The van der Waals surface area contributed by atoms with Gasteiger partial charge in [-0.05, 0) is 25.5 Å². The minimum Gasteiger partial charge on any atom is -0.281 e. The molecule has 2 aromatic rings. The number of aryl methyl sites for hydroxylation is 2. The zero-order chi connectivity index (χ0) is 14.2. The minimum atomic E-state index is -4.09. The third-order valence-electron chi connectivity index (χ3n) is 2.59. The number of H-pyrrole nitrogens is 1. The zero-order valence-electron chi connectivity index (χ0n) is 10.2. The van der Waals surface area contributed by atoms with Gasteiger partial charge >= 0.3 is 0 Å². The minimum absolute atomic E-state index is 0.142. The fraction of sp³-hybridized carbons (Fsp3) is 0.182. The third-order valence-corrected chi connectivity index (χ3v) is 4.06. The Hall–Kier alpha value is -1.96. The molecular formula is C11H11F2N3O2S. The summed E-state index contributed by atoms with van der Waals surface area (Å²) >= 11 is 0. The molecule has 0 aliphatic heterocycles. The van der Waals surface area contributed by atoms with Crippen LogP contribution in [0.25, 0.3) is 0 Å². The summed E-state index contributed by atoms with van der Waals surface area (Å²) in [5, 5.41) is 6.00. The normalized spacial score (nSPS) is 11.6. The molecule has 0 unspecified atom stereocenters. The lowest BCUT2D eigenvalue weighted by atomic mass is 10.2. The topological polar surface area (TPSA) is 74.8 Å². The fourth-order valence-electron chi connectivity index (χ4n) is 1.55. The maximum atomic E-state index is 13.7. The van der Waals surface area contributed by atoms with Crippen molar-refractivity contribution in [3.63, 3.8) is 0 Å². The molecule has 0 aliphatic carbocycles. The van der Waals surface area contributed by atoms with Crippen molar-refractivity contribution in [2.45, 2.75) is 18.7 Å². The number of hydrogen-bond acceptors (Lipinski definition) is 3. The number of aromatic amines is 1. The SMILES string of the molecule is Cc1ccc(F)c(NS(=O)(=O)c2cn[nH]c2C)c1F. The van der Waals surface area contributed by atoms with Crippen molar-refractivity contribution < 1.29 is 17.2 Å². The highest BCUT2D eigenvalue weighted by molar-refractivity contribution is 7.92. The number of anilines is 1. The highest BCUT2D eigenvalue weighted by Crippen LogP contribution is 2.25. The number of aromatic nitrogens is 2. The van der Waals surface area contributed by atoms with E-state index in [2.05, 4.69) is 10.2 Å². The van der Waals surface area contributed by atoms with Gasteiger partial charge in [0.25, 0.3) is 10.0 Å². The highest BCUT2D eigenvalue weighted by Gasteiger charge is 2.22. The van der Waals surface area contributed by atoms with E-state index in [1.54, 1.807) is 0 Å². The number of nitrogens with zero attached hydrogens (tertiary/aromatic N) is 1. The average Bonchev–Trinajstić information content (AvgIpc) is 2.77. The molecule has 19 heavy (non-hydrogen) atoms. The molecule has 0 spiro atoms. The van der Waals surface area contributed by atoms with Crippen LogP contribution in [0.1, 0.15) is 11.3 Å². The van der Waals surface area contributed by atoms with Crippen LogP contribution in [-0.4, -0.2) is 18.6 Å². The largest absolute Gasteiger partial charge is 0.281 e. The number of benzene rings is 1. The average molecular weight is 287 g/mol. The van der Waals surface area contributed by atoms with Crippen LogP contribution in [0.5, 0.6) is 0 Å². The molecule has 102 valence electrons. The molecule has 0 saturated carbocycles. The molecule has 5 nitrogen and oxygen atoms in total. The smallest absolute Gasteiger partial charge is 0.265 e. The molecule has 2 rings (SSSR count). The van der Waals surface area contributed by atoms with Gasteiger partial charge in [-0.3, -0.25) is 9.82 Å². The predicted octanol–water partition coefficient (Wildman–Crippen LogP) is 2.11. The van der Waals surface area contributed by atoms with Crippen LogP contribution in [0.3, 0.4) is 0 Å². The second-order valence-electron chi connectivity index (χ2n) is 4.02. The number of halogens is 2. The number of rotatable bonds is 3.